The van der Waals surface area contributed by atoms with Gasteiger partial charge in [0.05, 0.1) is 51.2 Å². The number of aliphatic hydroxyl groups is 1. The molecular weight excluding hydrogens is 1170 g/mol. The zero-order valence-corrected chi connectivity index (χ0v) is 53.0. The highest BCUT2D eigenvalue weighted by molar-refractivity contribution is 5.95. The molecule has 6 heterocycles. The molecule has 23 heteroatoms. The number of ether oxygens (including phenoxy) is 4. The third kappa shape index (κ3) is 20.2. The highest BCUT2D eigenvalue weighted by Crippen LogP contribution is 2.33. The number of hydrogen-bond acceptors (Lipinski definition) is 14. The summed E-state index contributed by atoms with van der Waals surface area (Å²) >= 11 is 0. The van der Waals surface area contributed by atoms with E-state index in [2.05, 4.69) is 26.6 Å². The van der Waals surface area contributed by atoms with Crippen molar-refractivity contribution in [2.75, 3.05) is 60.2 Å². The number of carbonyl (C=O) groups is 9. The molecule has 7 N–H and O–H groups in total. The van der Waals surface area contributed by atoms with Crippen molar-refractivity contribution in [1.29, 1.82) is 0 Å². The summed E-state index contributed by atoms with van der Waals surface area (Å²) in [6, 6.07) is 18.6. The molecule has 91 heavy (non-hydrogen) atoms. The SMILES string of the molecule is CCCC(NC(=O)[C@@H]1C[C@@H]2CN1C(=O)[C@H](C1CCCCC1)NC(=O)CCc1ccc(cc1)OCCCO2)C(O)C(=O)NCC(=O)N[C@H](C(=O)N(C)C)c1ccccc1.O=C1CCc2ccc(cc2)OCCCO[C@@H]2C[C@@H](C(=O)O)N(C2)C(=O)[C@H](C2CCCCC2)N1. The Labute approximate surface area is 533 Å². The van der Waals surface area contributed by atoms with Crippen LogP contribution in [-0.4, -0.2) is 187 Å². The number of benzene rings is 3. The minimum atomic E-state index is -1.73. The quantitative estimate of drug-likeness (QED) is 0.115. The molecule has 3 aromatic rings. The fourth-order valence-corrected chi connectivity index (χ4v) is 13.1. The number of carboxylic acids is 1. The Morgan fingerprint density at radius 1 is 0.615 bits per heavy atom. The zero-order chi connectivity index (χ0) is 64.8. The lowest BCUT2D eigenvalue weighted by Gasteiger charge is -2.35. The summed E-state index contributed by atoms with van der Waals surface area (Å²) in [4.78, 5) is 124. The molecule has 0 spiro atoms. The number of amides is 8. The van der Waals surface area contributed by atoms with Crippen LogP contribution < -0.4 is 36.1 Å². The Hall–Kier alpha value is -7.63. The number of carboxylic acid groups (broad SMARTS) is 1. The molecule has 4 fully saturated rings. The third-order valence-electron chi connectivity index (χ3n) is 18.2. The van der Waals surface area contributed by atoms with E-state index in [9.17, 15) is 53.4 Å². The van der Waals surface area contributed by atoms with Crippen LogP contribution in [0, 0.1) is 11.8 Å². The second-order valence-corrected chi connectivity index (χ2v) is 25.1. The monoisotopic (exact) mass is 1260 g/mol. The first-order valence-electron chi connectivity index (χ1n) is 32.9. The van der Waals surface area contributed by atoms with Gasteiger partial charge < -0.3 is 70.4 Å². The van der Waals surface area contributed by atoms with Crippen molar-refractivity contribution in [2.45, 2.75) is 190 Å². The number of nitrogens with zero attached hydrogens (tertiary/aromatic N) is 3. The van der Waals surface area contributed by atoms with Crippen LogP contribution in [0.25, 0.3) is 0 Å². The molecule has 0 radical (unpaired) electrons. The molecule has 2 unspecified atom stereocenters. The summed E-state index contributed by atoms with van der Waals surface area (Å²) in [7, 11) is 3.15. The van der Waals surface area contributed by atoms with Gasteiger partial charge in [-0.1, -0.05) is 106 Å². The fraction of sp³-hybridized carbons (Fsp3) is 0.603. The van der Waals surface area contributed by atoms with Crippen molar-refractivity contribution in [1.82, 2.24) is 41.3 Å². The molecular formula is C68H94N8O15. The van der Waals surface area contributed by atoms with Crippen molar-refractivity contribution >= 4 is 53.2 Å². The highest BCUT2D eigenvalue weighted by Gasteiger charge is 2.47. The maximum Gasteiger partial charge on any atom is 0.326 e. The van der Waals surface area contributed by atoms with Gasteiger partial charge in [0, 0.05) is 65.7 Å². The second kappa shape index (κ2) is 34.7. The molecule has 3 aromatic carbocycles. The van der Waals surface area contributed by atoms with E-state index in [1.165, 1.54) is 14.7 Å². The lowest BCUT2D eigenvalue weighted by molar-refractivity contribution is -0.150. The number of hydrogen-bond donors (Lipinski definition) is 7. The van der Waals surface area contributed by atoms with Gasteiger partial charge in [-0.2, -0.15) is 0 Å². The van der Waals surface area contributed by atoms with E-state index in [-0.39, 0.29) is 92.7 Å². The van der Waals surface area contributed by atoms with Crippen LogP contribution in [0.1, 0.15) is 145 Å². The van der Waals surface area contributed by atoms with Gasteiger partial charge in [0.25, 0.3) is 5.91 Å². The number of fused-ring (bicyclic) bond motifs is 22. The van der Waals surface area contributed by atoms with Gasteiger partial charge >= 0.3 is 5.97 Å². The van der Waals surface area contributed by atoms with E-state index in [0.717, 1.165) is 86.8 Å². The van der Waals surface area contributed by atoms with Crippen molar-refractivity contribution in [3.63, 3.8) is 0 Å². The molecule has 11 rings (SSSR count). The van der Waals surface area contributed by atoms with Gasteiger partial charge in [0.15, 0.2) is 6.10 Å². The first kappa shape index (κ1) is 69.3. The van der Waals surface area contributed by atoms with Crippen LogP contribution in [0.5, 0.6) is 11.5 Å². The molecule has 8 amide bonds. The topological polar surface area (TPSA) is 301 Å². The average molecular weight is 1260 g/mol. The van der Waals surface area contributed by atoms with E-state index < -0.39 is 78.7 Å². The van der Waals surface area contributed by atoms with E-state index in [1.54, 1.807) is 44.4 Å². The number of nitrogens with one attached hydrogen (secondary N) is 5. The van der Waals surface area contributed by atoms with E-state index in [4.69, 9.17) is 18.9 Å². The van der Waals surface area contributed by atoms with Gasteiger partial charge in [-0.25, -0.2) is 4.79 Å². The summed E-state index contributed by atoms with van der Waals surface area (Å²) in [6.07, 6.45) is 10.8. The first-order chi connectivity index (χ1) is 44.0. The van der Waals surface area contributed by atoms with E-state index >= 15 is 0 Å². The maximum atomic E-state index is 14.6. The fourth-order valence-electron chi connectivity index (χ4n) is 13.1. The molecule has 2 saturated carbocycles. The average Bonchev–Trinajstić information content (AvgIpc) is 1.77. The summed E-state index contributed by atoms with van der Waals surface area (Å²) < 4.78 is 23.7. The zero-order valence-electron chi connectivity index (χ0n) is 53.0. The van der Waals surface area contributed by atoms with Crippen LogP contribution in [0.3, 0.4) is 0 Å². The Balaban J connectivity index is 0.000000272. The van der Waals surface area contributed by atoms with E-state index in [0.29, 0.717) is 64.1 Å². The Kier molecular flexibility index (Phi) is 26.4. The molecule has 9 atom stereocenters. The van der Waals surface area contributed by atoms with Crippen LogP contribution >= 0.6 is 0 Å². The predicted octanol–water partition coefficient (Wildman–Crippen LogP) is 4.70. The van der Waals surface area contributed by atoms with Crippen molar-refractivity contribution in [3.8, 4) is 11.5 Å². The smallest absolute Gasteiger partial charge is 0.326 e. The third-order valence-corrected chi connectivity index (χ3v) is 18.2. The lowest BCUT2D eigenvalue weighted by atomic mass is 9.83. The van der Waals surface area contributed by atoms with Crippen molar-refractivity contribution in [2.24, 2.45) is 11.8 Å². The molecule has 23 nitrogen and oxygen atoms in total. The Morgan fingerprint density at radius 3 is 1.57 bits per heavy atom. The number of likely N-dealkylation sites (N-methyl/N-ethyl adjacent to an activating group) is 1. The highest BCUT2D eigenvalue weighted by atomic mass is 16.5. The van der Waals surface area contributed by atoms with E-state index in [1.807, 2.05) is 55.5 Å². The molecule has 8 aliphatic rings. The molecule has 8 bridgehead atoms. The largest absolute Gasteiger partial charge is 0.494 e. The standard InChI is InChI=1S/C43H60N6O9.C25H34N2O6/c1-4-12-33(39(52)41(54)44-26-36(51)47-37(42(55)48(2)3)29-13-7-5-8-14-29)45-40(53)34-25-32-27-49(34)43(56)38(30-15-9-6-10-16-30)46-35(50)22-19-28-17-20-31(21-18-28)57-23-11-24-58-32;28-22-12-9-17-7-10-19(11-8-17)32-13-4-14-33-20-15-21(25(30)31)27(16-20)24(29)23(26-22)18-5-2-1-3-6-18/h5,7-8,13-14,17-18,20-21,30,32-34,37-39,52H,4,6,9-12,15-16,19,22-27H2,1-3H3,(H,44,54)(H,45,53)(H,46,50)(H,47,51);7-8,10-11,18,20-21,23H,1-6,9,12-16H2,(H,26,28)(H,30,31)/t32-,33?,34+,37+,38+,39?;20-,21+,23+/m11/s1. The van der Waals surface area contributed by atoms with Gasteiger partial charge in [-0.3, -0.25) is 38.4 Å². The molecule has 2 aliphatic carbocycles. The van der Waals surface area contributed by atoms with Gasteiger partial charge in [-0.15, -0.1) is 0 Å². The number of aliphatic hydroxyl groups excluding tert-OH is 1. The van der Waals surface area contributed by atoms with Crippen LogP contribution in [0.15, 0.2) is 78.9 Å². The van der Waals surface area contributed by atoms with Gasteiger partial charge in [-0.05, 0) is 97.7 Å². The van der Waals surface area contributed by atoms with Crippen LogP contribution in [0.2, 0.25) is 0 Å². The van der Waals surface area contributed by atoms with Crippen LogP contribution in [-0.2, 0) is 65.5 Å². The molecule has 2 saturated heterocycles. The minimum Gasteiger partial charge on any atom is -0.494 e. The molecule has 6 aliphatic heterocycles. The summed E-state index contributed by atoms with van der Waals surface area (Å²) in [6.45, 7) is 3.35. The minimum absolute atomic E-state index is 0.0339. The number of aryl methyl sites for hydroxylation is 2. The summed E-state index contributed by atoms with van der Waals surface area (Å²) in [5.74, 6) is -3.11. The van der Waals surface area contributed by atoms with Crippen LogP contribution in [0.4, 0.5) is 0 Å². The van der Waals surface area contributed by atoms with Gasteiger partial charge in [0.1, 0.15) is 41.7 Å². The normalized spacial score (nSPS) is 24.4. The Bertz CT molecular complexity index is 2900. The van der Waals surface area contributed by atoms with Crippen molar-refractivity contribution < 1.29 is 72.3 Å². The van der Waals surface area contributed by atoms with Crippen molar-refractivity contribution in [3.05, 3.63) is 95.6 Å². The first-order valence-corrected chi connectivity index (χ1v) is 32.9. The summed E-state index contributed by atoms with van der Waals surface area (Å²) in [5, 5.41) is 35.0. The predicted molar refractivity (Wildman–Crippen MR) is 336 cm³/mol. The number of aliphatic carboxylic acids is 1. The lowest BCUT2D eigenvalue weighted by Crippen LogP contribution is -2.58. The molecule has 0 aromatic heterocycles. The number of carbonyl (C=O) groups excluding carboxylic acids is 8. The maximum absolute atomic E-state index is 14.6. The van der Waals surface area contributed by atoms with Gasteiger partial charge in [0.2, 0.25) is 41.4 Å². The Morgan fingerprint density at radius 2 is 1.10 bits per heavy atom. The number of rotatable bonds is 14. The summed E-state index contributed by atoms with van der Waals surface area (Å²) in [5.41, 5.74) is 2.56. The second-order valence-electron chi connectivity index (χ2n) is 25.1. The molecule has 496 valence electrons.